The van der Waals surface area contributed by atoms with Crippen LogP contribution in [0.25, 0.3) is 0 Å². The van der Waals surface area contributed by atoms with Crippen molar-refractivity contribution >= 4 is 12.0 Å². The number of amides is 2. The summed E-state index contributed by atoms with van der Waals surface area (Å²) in [6, 6.07) is 7.18. The molecular formula is C16H22N2O4. The first-order valence-corrected chi connectivity index (χ1v) is 7.50. The smallest absolute Gasteiger partial charge is 0.409 e. The first-order chi connectivity index (χ1) is 10.7. The molecule has 0 unspecified atom stereocenters. The van der Waals surface area contributed by atoms with Crippen molar-refractivity contribution in [1.29, 1.82) is 0 Å². The van der Waals surface area contributed by atoms with Crippen LogP contribution in [0.2, 0.25) is 0 Å². The number of carbonyl (C=O) groups excluding carboxylic acids is 2. The third kappa shape index (κ3) is 3.90. The summed E-state index contributed by atoms with van der Waals surface area (Å²) in [6.45, 7) is 4.74. The minimum Gasteiger partial charge on any atom is -0.494 e. The summed E-state index contributed by atoms with van der Waals surface area (Å²) in [5.74, 6) is 0.750. The molecule has 0 saturated carbocycles. The third-order valence-electron chi connectivity index (χ3n) is 3.57. The number of rotatable bonds is 4. The molecule has 1 fully saturated rings. The van der Waals surface area contributed by atoms with Gasteiger partial charge in [0.2, 0.25) is 0 Å². The van der Waals surface area contributed by atoms with Crippen LogP contribution in [-0.4, -0.2) is 61.7 Å². The standard InChI is InChI=1S/C16H22N2O4/c1-3-12-22-14-6-4-13(5-7-14)15(19)17-8-10-18(11-9-17)16(20)21-2/h4-7H,3,8-12H2,1-2H3. The fraction of sp³-hybridized carbons (Fsp3) is 0.500. The maximum Gasteiger partial charge on any atom is 0.409 e. The lowest BCUT2D eigenvalue weighted by Gasteiger charge is -2.33. The Morgan fingerprint density at radius 2 is 1.64 bits per heavy atom. The van der Waals surface area contributed by atoms with Crippen LogP contribution in [0.1, 0.15) is 23.7 Å². The summed E-state index contributed by atoms with van der Waals surface area (Å²) in [6.07, 6.45) is 0.607. The van der Waals surface area contributed by atoms with E-state index in [4.69, 9.17) is 4.74 Å². The van der Waals surface area contributed by atoms with Gasteiger partial charge >= 0.3 is 6.09 Å². The Morgan fingerprint density at radius 1 is 1.05 bits per heavy atom. The van der Waals surface area contributed by atoms with E-state index in [-0.39, 0.29) is 12.0 Å². The second-order valence-corrected chi connectivity index (χ2v) is 5.12. The normalized spacial score (nSPS) is 14.6. The first kappa shape index (κ1) is 16.1. The van der Waals surface area contributed by atoms with Gasteiger partial charge in [0.05, 0.1) is 13.7 Å². The Hall–Kier alpha value is -2.24. The second kappa shape index (κ2) is 7.68. The van der Waals surface area contributed by atoms with Gasteiger partial charge in [-0.1, -0.05) is 6.92 Å². The molecule has 1 saturated heterocycles. The summed E-state index contributed by atoms with van der Waals surface area (Å²) in [5, 5.41) is 0. The van der Waals surface area contributed by atoms with Crippen molar-refractivity contribution in [3.8, 4) is 5.75 Å². The molecule has 0 radical (unpaired) electrons. The van der Waals surface area contributed by atoms with E-state index in [1.54, 1.807) is 21.9 Å². The molecule has 2 amide bonds. The van der Waals surface area contributed by atoms with E-state index >= 15 is 0 Å². The van der Waals surface area contributed by atoms with E-state index in [0.717, 1.165) is 12.2 Å². The Bertz CT molecular complexity index is 507. The van der Waals surface area contributed by atoms with Gasteiger partial charge in [0, 0.05) is 31.7 Å². The molecule has 6 heteroatoms. The zero-order chi connectivity index (χ0) is 15.9. The van der Waals surface area contributed by atoms with E-state index in [1.165, 1.54) is 7.11 Å². The molecule has 1 aliphatic rings. The molecular weight excluding hydrogens is 284 g/mol. The Balaban J connectivity index is 1.91. The molecule has 1 aromatic carbocycles. The van der Waals surface area contributed by atoms with Gasteiger partial charge in [0.25, 0.3) is 5.91 Å². The minimum absolute atomic E-state index is 0.0217. The zero-order valence-corrected chi connectivity index (χ0v) is 13.1. The van der Waals surface area contributed by atoms with Crippen molar-refractivity contribution in [3.05, 3.63) is 29.8 Å². The summed E-state index contributed by atoms with van der Waals surface area (Å²) in [7, 11) is 1.36. The molecule has 1 aliphatic heterocycles. The predicted molar refractivity (Wildman–Crippen MR) is 82.1 cm³/mol. The van der Waals surface area contributed by atoms with E-state index in [9.17, 15) is 9.59 Å². The zero-order valence-electron chi connectivity index (χ0n) is 13.1. The molecule has 0 aliphatic carbocycles. The highest BCUT2D eigenvalue weighted by Crippen LogP contribution is 2.15. The average Bonchev–Trinajstić information content (AvgIpc) is 2.59. The van der Waals surface area contributed by atoms with Gasteiger partial charge in [-0.25, -0.2) is 4.79 Å². The number of methoxy groups -OCH3 is 1. The number of nitrogens with zero attached hydrogens (tertiary/aromatic N) is 2. The van der Waals surface area contributed by atoms with Gasteiger partial charge in [-0.3, -0.25) is 4.79 Å². The van der Waals surface area contributed by atoms with E-state index in [0.29, 0.717) is 38.3 Å². The number of hydrogen-bond donors (Lipinski definition) is 0. The van der Waals surface area contributed by atoms with Crippen molar-refractivity contribution in [1.82, 2.24) is 9.80 Å². The highest BCUT2D eigenvalue weighted by molar-refractivity contribution is 5.94. The fourth-order valence-electron chi connectivity index (χ4n) is 2.32. The Morgan fingerprint density at radius 3 is 2.18 bits per heavy atom. The quantitative estimate of drug-likeness (QED) is 0.853. The number of ether oxygens (including phenoxy) is 2. The average molecular weight is 306 g/mol. The summed E-state index contributed by atoms with van der Waals surface area (Å²) < 4.78 is 10.2. The molecule has 120 valence electrons. The van der Waals surface area contributed by atoms with Crippen LogP contribution in [-0.2, 0) is 4.74 Å². The van der Waals surface area contributed by atoms with Crippen LogP contribution in [0.4, 0.5) is 4.79 Å². The number of hydrogen-bond acceptors (Lipinski definition) is 4. The number of piperazine rings is 1. The molecule has 22 heavy (non-hydrogen) atoms. The van der Waals surface area contributed by atoms with E-state index in [2.05, 4.69) is 4.74 Å². The summed E-state index contributed by atoms with van der Waals surface area (Å²) in [5.41, 5.74) is 0.635. The van der Waals surface area contributed by atoms with Crippen LogP contribution < -0.4 is 4.74 Å². The van der Waals surface area contributed by atoms with Crippen molar-refractivity contribution < 1.29 is 19.1 Å². The SMILES string of the molecule is CCCOc1ccc(C(=O)N2CCN(C(=O)OC)CC2)cc1. The lowest BCUT2D eigenvalue weighted by molar-refractivity contribution is 0.0599. The largest absolute Gasteiger partial charge is 0.494 e. The van der Waals surface area contributed by atoms with Gasteiger partial charge in [-0.05, 0) is 30.7 Å². The molecule has 0 bridgehead atoms. The van der Waals surface area contributed by atoms with Crippen LogP contribution >= 0.6 is 0 Å². The van der Waals surface area contributed by atoms with Crippen LogP contribution in [0.15, 0.2) is 24.3 Å². The van der Waals surface area contributed by atoms with Gasteiger partial charge in [-0.15, -0.1) is 0 Å². The molecule has 6 nitrogen and oxygen atoms in total. The molecule has 1 aromatic rings. The number of benzene rings is 1. The predicted octanol–water partition coefficient (Wildman–Crippen LogP) is 2.00. The molecule has 0 N–H and O–H groups in total. The maximum absolute atomic E-state index is 12.4. The minimum atomic E-state index is -0.343. The van der Waals surface area contributed by atoms with Crippen molar-refractivity contribution in [2.45, 2.75) is 13.3 Å². The van der Waals surface area contributed by atoms with Crippen molar-refractivity contribution in [2.75, 3.05) is 39.9 Å². The van der Waals surface area contributed by atoms with Crippen LogP contribution in [0.5, 0.6) is 5.75 Å². The lowest BCUT2D eigenvalue weighted by atomic mass is 10.1. The topological polar surface area (TPSA) is 59.1 Å². The first-order valence-electron chi connectivity index (χ1n) is 7.50. The molecule has 1 heterocycles. The van der Waals surface area contributed by atoms with Gasteiger partial charge < -0.3 is 19.3 Å². The highest BCUT2D eigenvalue weighted by Gasteiger charge is 2.25. The molecule has 0 aromatic heterocycles. The van der Waals surface area contributed by atoms with Crippen LogP contribution in [0, 0.1) is 0 Å². The monoisotopic (exact) mass is 306 g/mol. The van der Waals surface area contributed by atoms with E-state index in [1.807, 2.05) is 19.1 Å². The highest BCUT2D eigenvalue weighted by atomic mass is 16.5. The third-order valence-corrected chi connectivity index (χ3v) is 3.57. The van der Waals surface area contributed by atoms with E-state index < -0.39 is 0 Å². The number of carbonyl (C=O) groups is 2. The molecule has 2 rings (SSSR count). The van der Waals surface area contributed by atoms with Crippen molar-refractivity contribution in [2.24, 2.45) is 0 Å². The van der Waals surface area contributed by atoms with Gasteiger partial charge in [-0.2, -0.15) is 0 Å². The maximum atomic E-state index is 12.4. The summed E-state index contributed by atoms with van der Waals surface area (Å²) >= 11 is 0. The van der Waals surface area contributed by atoms with Gasteiger partial charge in [0.15, 0.2) is 0 Å². The fourth-order valence-corrected chi connectivity index (χ4v) is 2.32. The summed E-state index contributed by atoms with van der Waals surface area (Å²) in [4.78, 5) is 27.2. The Kier molecular flexibility index (Phi) is 5.63. The van der Waals surface area contributed by atoms with Crippen molar-refractivity contribution in [3.63, 3.8) is 0 Å². The lowest BCUT2D eigenvalue weighted by Crippen LogP contribution is -2.50. The van der Waals surface area contributed by atoms with Crippen LogP contribution in [0.3, 0.4) is 0 Å². The van der Waals surface area contributed by atoms with Gasteiger partial charge in [0.1, 0.15) is 5.75 Å². The second-order valence-electron chi connectivity index (χ2n) is 5.12. The molecule has 0 atom stereocenters. The molecule has 0 spiro atoms. The Labute approximate surface area is 130 Å².